The molecule has 0 amide bonds. The van der Waals surface area contributed by atoms with Crippen LogP contribution in [0.2, 0.25) is 0 Å². The van der Waals surface area contributed by atoms with Crippen LogP contribution < -0.4 is 18.9 Å². The highest BCUT2D eigenvalue weighted by atomic mass is 16.5. The van der Waals surface area contributed by atoms with E-state index >= 15 is 0 Å². The highest BCUT2D eigenvalue weighted by molar-refractivity contribution is 5.81. The van der Waals surface area contributed by atoms with E-state index in [1.54, 1.807) is 0 Å². The lowest BCUT2D eigenvalue weighted by molar-refractivity contribution is 0.281. The lowest BCUT2D eigenvalue weighted by Crippen LogP contribution is -2.03. The maximum Gasteiger partial charge on any atom is 0.127 e. The Morgan fingerprint density at radius 2 is 0.474 bits per heavy atom. The van der Waals surface area contributed by atoms with E-state index in [4.69, 9.17) is 18.9 Å². The average molecular weight is 1060 g/mol. The van der Waals surface area contributed by atoms with Gasteiger partial charge in [0.15, 0.2) is 0 Å². The summed E-state index contributed by atoms with van der Waals surface area (Å²) < 4.78 is 26.5. The predicted octanol–water partition coefficient (Wildman–Crippen LogP) is 20.3. The summed E-state index contributed by atoms with van der Waals surface area (Å²) in [6, 6.07) is 33.3. The fourth-order valence-electron chi connectivity index (χ4n) is 9.39. The van der Waals surface area contributed by atoms with E-state index in [2.05, 4.69) is 125 Å². The van der Waals surface area contributed by atoms with E-state index in [0.717, 1.165) is 130 Å². The fraction of sp³-hybridized carbons (Fsp3) is 0.472. The molecule has 5 aromatic rings. The van der Waals surface area contributed by atoms with Gasteiger partial charge >= 0.3 is 0 Å². The van der Waals surface area contributed by atoms with Crippen LogP contribution in [0.5, 0.6) is 23.0 Å². The molecule has 0 fully saturated rings. The number of benzene rings is 5. The third kappa shape index (κ3) is 24.9. The Hall–Kier alpha value is -5.82. The molecule has 0 spiro atoms. The number of ether oxygens (including phenoxy) is 4. The van der Waals surface area contributed by atoms with Crippen LogP contribution in [-0.2, 0) is 13.2 Å². The van der Waals surface area contributed by atoms with Crippen molar-refractivity contribution in [1.82, 2.24) is 0 Å². The van der Waals surface area contributed by atoms with Gasteiger partial charge in [-0.25, -0.2) is 0 Å². The summed E-state index contributed by atoms with van der Waals surface area (Å²) in [5.41, 5.74) is 10.1. The third-order valence-corrected chi connectivity index (χ3v) is 14.4. The highest BCUT2D eigenvalue weighted by Crippen LogP contribution is 2.35. The summed E-state index contributed by atoms with van der Waals surface area (Å²) in [5, 5.41) is 19.2. The monoisotopic (exact) mass is 1060 g/mol. The number of unbranched alkanes of at least 4 members (excludes halogenated alkanes) is 20. The molecular formula is C72H98O6. The highest BCUT2D eigenvalue weighted by Gasteiger charge is 2.13. The molecule has 0 unspecified atom stereocenters. The minimum atomic E-state index is 0.0294. The van der Waals surface area contributed by atoms with Crippen molar-refractivity contribution < 1.29 is 29.2 Å². The summed E-state index contributed by atoms with van der Waals surface area (Å²) in [5.74, 6) is 3.40. The summed E-state index contributed by atoms with van der Waals surface area (Å²) in [7, 11) is 0. The van der Waals surface area contributed by atoms with Crippen LogP contribution in [-0.4, -0.2) is 36.6 Å². The van der Waals surface area contributed by atoms with Crippen molar-refractivity contribution >= 4 is 48.6 Å². The number of hydrogen-bond acceptors (Lipinski definition) is 6. The largest absolute Gasteiger partial charge is 0.493 e. The quantitative estimate of drug-likeness (QED) is 0.0300. The van der Waals surface area contributed by atoms with Gasteiger partial charge in [0.05, 0.1) is 39.6 Å². The molecule has 0 radical (unpaired) electrons. The SMILES string of the molecule is CCCCCCCCOc1cc(/C=C/c2ccc(CO)cc2)c(OCCCCCCCC)cc1/C=C/c1ccc(/C=C/c2cc(OCCCCCCCC)c(/C=C/c3ccc(CO)cc3)cc2OCCCCCCCC)cc1. The van der Waals surface area contributed by atoms with Crippen LogP contribution in [0.4, 0.5) is 0 Å². The predicted molar refractivity (Wildman–Crippen MR) is 335 cm³/mol. The van der Waals surface area contributed by atoms with Gasteiger partial charge in [0.2, 0.25) is 0 Å². The van der Waals surface area contributed by atoms with E-state index in [-0.39, 0.29) is 13.2 Å². The first-order chi connectivity index (χ1) is 38.5. The second kappa shape index (κ2) is 39.5. The van der Waals surface area contributed by atoms with Crippen LogP contribution in [0.1, 0.15) is 237 Å². The number of hydrogen-bond donors (Lipinski definition) is 2. The van der Waals surface area contributed by atoms with Gasteiger partial charge in [-0.15, -0.1) is 0 Å². The standard InChI is InChI=1S/C72H98O6/c1-5-9-13-17-21-25-49-75-69-55-67(47-43-61-33-37-63(57-73)38-34-61)71(77-51-27-23-19-15-11-7-3)53-65(69)45-41-59-29-31-60(32-30-59)42-46-66-54-72(78-52-28-24-20-16-12-8-4)68(48-44-62-35-39-64(58-74)40-36-62)56-70(66)76-50-26-22-18-14-10-6-2/h29-48,53-56,73-74H,5-28,49-52,57-58H2,1-4H3/b45-41+,46-42+,47-43+,48-44+. The first kappa shape index (κ1) is 63.0. The number of aliphatic hydroxyl groups excluding tert-OH is 2. The second-order valence-electron chi connectivity index (χ2n) is 21.1. The first-order valence-electron chi connectivity index (χ1n) is 30.6. The molecule has 5 rings (SSSR count). The molecule has 0 bridgehead atoms. The zero-order valence-corrected chi connectivity index (χ0v) is 48.6. The Balaban J connectivity index is 1.42. The Bertz CT molecular complexity index is 2300. The Labute approximate surface area is 472 Å². The maximum absolute atomic E-state index is 9.62. The molecule has 0 saturated carbocycles. The van der Waals surface area contributed by atoms with Gasteiger partial charge in [0.25, 0.3) is 0 Å². The van der Waals surface area contributed by atoms with Crippen molar-refractivity contribution in [2.45, 2.75) is 195 Å². The van der Waals surface area contributed by atoms with Gasteiger partial charge in [-0.2, -0.15) is 0 Å². The molecule has 6 nitrogen and oxygen atoms in total. The molecule has 78 heavy (non-hydrogen) atoms. The number of aliphatic hydroxyl groups is 2. The van der Waals surface area contributed by atoms with Crippen molar-refractivity contribution in [1.29, 1.82) is 0 Å². The van der Waals surface area contributed by atoms with Crippen molar-refractivity contribution in [3.05, 3.63) is 153 Å². The van der Waals surface area contributed by atoms with E-state index in [0.29, 0.717) is 26.4 Å². The van der Waals surface area contributed by atoms with Crippen molar-refractivity contribution in [3.63, 3.8) is 0 Å². The lowest BCUT2D eigenvalue weighted by atomic mass is 10.0. The molecule has 2 N–H and O–H groups in total. The minimum absolute atomic E-state index is 0.0294. The molecule has 0 aliphatic heterocycles. The number of rotatable bonds is 42. The normalized spacial score (nSPS) is 11.8. The first-order valence-corrected chi connectivity index (χ1v) is 30.6. The molecule has 0 aliphatic carbocycles. The second-order valence-corrected chi connectivity index (χ2v) is 21.1. The summed E-state index contributed by atoms with van der Waals surface area (Å²) in [6.07, 6.45) is 46.0. The summed E-state index contributed by atoms with van der Waals surface area (Å²) >= 11 is 0. The van der Waals surface area contributed by atoms with Gasteiger partial charge in [0, 0.05) is 22.3 Å². The molecule has 0 saturated heterocycles. The molecular weight excluding hydrogens is 961 g/mol. The van der Waals surface area contributed by atoms with Crippen LogP contribution >= 0.6 is 0 Å². The van der Waals surface area contributed by atoms with Gasteiger partial charge < -0.3 is 29.2 Å². The van der Waals surface area contributed by atoms with Crippen LogP contribution in [0.15, 0.2) is 97.1 Å². The topological polar surface area (TPSA) is 77.4 Å². The zero-order chi connectivity index (χ0) is 55.1. The van der Waals surface area contributed by atoms with Gasteiger partial charge in [-0.1, -0.05) is 278 Å². The smallest absolute Gasteiger partial charge is 0.127 e. The zero-order valence-electron chi connectivity index (χ0n) is 48.6. The van der Waals surface area contributed by atoms with Crippen LogP contribution in [0, 0.1) is 0 Å². The van der Waals surface area contributed by atoms with E-state index in [9.17, 15) is 10.2 Å². The van der Waals surface area contributed by atoms with E-state index in [1.807, 2.05) is 48.5 Å². The summed E-state index contributed by atoms with van der Waals surface area (Å²) in [6.45, 7) is 11.8. The molecule has 0 heterocycles. The molecule has 0 atom stereocenters. The van der Waals surface area contributed by atoms with Crippen molar-refractivity contribution in [2.75, 3.05) is 26.4 Å². The molecule has 5 aromatic carbocycles. The van der Waals surface area contributed by atoms with E-state index < -0.39 is 0 Å². The average Bonchev–Trinajstić information content (AvgIpc) is 3.48. The van der Waals surface area contributed by atoms with Crippen molar-refractivity contribution in [3.8, 4) is 23.0 Å². The van der Waals surface area contributed by atoms with Crippen molar-refractivity contribution in [2.24, 2.45) is 0 Å². The molecule has 422 valence electrons. The van der Waals surface area contributed by atoms with Crippen LogP contribution in [0.25, 0.3) is 48.6 Å². The maximum atomic E-state index is 9.62. The van der Waals surface area contributed by atoms with Gasteiger partial charge in [-0.3, -0.25) is 0 Å². The van der Waals surface area contributed by atoms with Gasteiger partial charge in [-0.05, 0) is 83.3 Å². The lowest BCUT2D eigenvalue weighted by Gasteiger charge is -2.16. The molecule has 0 aromatic heterocycles. The minimum Gasteiger partial charge on any atom is -0.493 e. The third-order valence-electron chi connectivity index (χ3n) is 14.4. The fourth-order valence-corrected chi connectivity index (χ4v) is 9.39. The van der Waals surface area contributed by atoms with Gasteiger partial charge in [0.1, 0.15) is 23.0 Å². The Kier molecular flexibility index (Phi) is 31.9. The van der Waals surface area contributed by atoms with Crippen LogP contribution in [0.3, 0.4) is 0 Å². The Morgan fingerprint density at radius 1 is 0.269 bits per heavy atom. The molecule has 0 aliphatic rings. The summed E-state index contributed by atoms with van der Waals surface area (Å²) in [4.78, 5) is 0. The Morgan fingerprint density at radius 3 is 0.692 bits per heavy atom. The van der Waals surface area contributed by atoms with E-state index in [1.165, 1.54) is 103 Å². The molecule has 6 heteroatoms.